The molecule has 0 unspecified atom stereocenters. The number of carbonyl (C=O) groups is 2. The van der Waals surface area contributed by atoms with Crippen molar-refractivity contribution in [1.29, 1.82) is 0 Å². The van der Waals surface area contributed by atoms with Crippen LogP contribution in [0.25, 0.3) is 0 Å². The Hall–Kier alpha value is -1.88. The van der Waals surface area contributed by atoms with E-state index in [4.69, 9.17) is 5.73 Å². The number of hydrogen-bond acceptors (Lipinski definition) is 4. The molecule has 102 valence electrons. The number of piperazine rings is 1. The standard InChI is InChI=1S/C14H19N3O2/c1-16-13(18)9-17(10-14(16)19)12-7-3-2-5-11(12)6-4-8-15/h2-3,5,7H,4,6,8-10,15H2,1H3. The lowest BCUT2D eigenvalue weighted by molar-refractivity contribution is -0.143. The molecule has 1 heterocycles. The molecule has 5 heteroatoms. The van der Waals surface area contributed by atoms with E-state index in [0.717, 1.165) is 24.1 Å². The number of carbonyl (C=O) groups excluding carboxylic acids is 2. The number of imide groups is 1. The van der Waals surface area contributed by atoms with Crippen molar-refractivity contribution in [2.75, 3.05) is 31.6 Å². The van der Waals surface area contributed by atoms with Crippen molar-refractivity contribution in [3.8, 4) is 0 Å². The van der Waals surface area contributed by atoms with E-state index in [0.29, 0.717) is 6.54 Å². The second kappa shape index (κ2) is 5.84. The van der Waals surface area contributed by atoms with Gasteiger partial charge >= 0.3 is 0 Å². The van der Waals surface area contributed by atoms with Crippen molar-refractivity contribution < 1.29 is 9.59 Å². The maximum Gasteiger partial charge on any atom is 0.248 e. The zero-order valence-electron chi connectivity index (χ0n) is 11.1. The molecule has 0 radical (unpaired) electrons. The number of amides is 2. The predicted molar refractivity (Wildman–Crippen MR) is 73.8 cm³/mol. The van der Waals surface area contributed by atoms with Crippen molar-refractivity contribution in [2.45, 2.75) is 12.8 Å². The fourth-order valence-electron chi connectivity index (χ4n) is 2.23. The number of nitrogens with two attached hydrogens (primary N) is 1. The SMILES string of the molecule is CN1C(=O)CN(c2ccccc2CCCN)CC1=O. The van der Waals surface area contributed by atoms with E-state index >= 15 is 0 Å². The predicted octanol–water partition coefficient (Wildman–Crippen LogP) is 0.383. The average molecular weight is 261 g/mol. The Kier molecular flexibility index (Phi) is 4.16. The van der Waals surface area contributed by atoms with Gasteiger partial charge in [-0.1, -0.05) is 18.2 Å². The lowest BCUT2D eigenvalue weighted by atomic mass is 10.1. The van der Waals surface area contributed by atoms with E-state index in [1.165, 1.54) is 11.9 Å². The first-order valence-corrected chi connectivity index (χ1v) is 6.45. The highest BCUT2D eigenvalue weighted by molar-refractivity contribution is 6.02. The number of anilines is 1. The summed E-state index contributed by atoms with van der Waals surface area (Å²) in [6.45, 7) is 1.14. The zero-order valence-corrected chi connectivity index (χ0v) is 11.1. The van der Waals surface area contributed by atoms with Crippen LogP contribution in [0.4, 0.5) is 5.69 Å². The maximum absolute atomic E-state index is 11.8. The summed E-state index contributed by atoms with van der Waals surface area (Å²) in [6.07, 6.45) is 1.76. The van der Waals surface area contributed by atoms with Gasteiger partial charge in [0.15, 0.2) is 0 Å². The van der Waals surface area contributed by atoms with Crippen LogP contribution in [0.3, 0.4) is 0 Å². The summed E-state index contributed by atoms with van der Waals surface area (Å²) in [7, 11) is 1.53. The summed E-state index contributed by atoms with van der Waals surface area (Å²) in [5, 5.41) is 0. The third-order valence-corrected chi connectivity index (χ3v) is 3.38. The molecule has 1 aromatic rings. The lowest BCUT2D eigenvalue weighted by Gasteiger charge is -2.33. The number of benzene rings is 1. The smallest absolute Gasteiger partial charge is 0.248 e. The average Bonchev–Trinajstić information content (AvgIpc) is 2.42. The highest BCUT2D eigenvalue weighted by Gasteiger charge is 2.28. The summed E-state index contributed by atoms with van der Waals surface area (Å²) < 4.78 is 0. The Morgan fingerprint density at radius 3 is 2.42 bits per heavy atom. The van der Waals surface area contributed by atoms with Gasteiger partial charge in [-0.05, 0) is 31.0 Å². The van der Waals surface area contributed by atoms with Crippen LogP contribution in [-0.4, -0.2) is 43.4 Å². The van der Waals surface area contributed by atoms with Gasteiger partial charge in [0, 0.05) is 12.7 Å². The van der Waals surface area contributed by atoms with Crippen LogP contribution in [-0.2, 0) is 16.0 Å². The van der Waals surface area contributed by atoms with Crippen LogP contribution in [0.2, 0.25) is 0 Å². The molecule has 0 aliphatic carbocycles. The summed E-state index contributed by atoms with van der Waals surface area (Å²) in [6, 6.07) is 7.87. The Bertz CT molecular complexity index is 469. The summed E-state index contributed by atoms with van der Waals surface area (Å²) in [5.41, 5.74) is 7.64. The molecule has 19 heavy (non-hydrogen) atoms. The van der Waals surface area contributed by atoms with Crippen LogP contribution in [0.5, 0.6) is 0 Å². The van der Waals surface area contributed by atoms with Crippen molar-refractivity contribution in [1.82, 2.24) is 4.90 Å². The van der Waals surface area contributed by atoms with Gasteiger partial charge in [-0.2, -0.15) is 0 Å². The van der Waals surface area contributed by atoms with Crippen molar-refractivity contribution in [3.63, 3.8) is 0 Å². The Morgan fingerprint density at radius 1 is 1.16 bits per heavy atom. The molecule has 1 aliphatic heterocycles. The summed E-state index contributed by atoms with van der Waals surface area (Å²) in [4.78, 5) is 26.6. The van der Waals surface area contributed by atoms with Gasteiger partial charge in [0.1, 0.15) is 0 Å². The first kappa shape index (κ1) is 13.5. The number of rotatable bonds is 4. The Morgan fingerprint density at radius 2 is 1.79 bits per heavy atom. The molecule has 0 aromatic heterocycles. The van der Waals surface area contributed by atoms with Gasteiger partial charge in [-0.3, -0.25) is 14.5 Å². The summed E-state index contributed by atoms with van der Waals surface area (Å²) >= 11 is 0. The van der Waals surface area contributed by atoms with E-state index in [-0.39, 0.29) is 24.9 Å². The molecule has 1 fully saturated rings. The molecule has 5 nitrogen and oxygen atoms in total. The molecule has 1 aliphatic rings. The molecule has 1 aromatic carbocycles. The van der Waals surface area contributed by atoms with E-state index < -0.39 is 0 Å². The Labute approximate surface area is 113 Å². The van der Waals surface area contributed by atoms with Crippen LogP contribution < -0.4 is 10.6 Å². The third kappa shape index (κ3) is 2.93. The molecule has 2 rings (SSSR count). The number of hydrogen-bond donors (Lipinski definition) is 1. The number of nitrogens with zero attached hydrogens (tertiary/aromatic N) is 2. The molecular formula is C14H19N3O2. The normalized spacial score (nSPS) is 16.1. The molecule has 0 saturated carbocycles. The second-order valence-electron chi connectivity index (χ2n) is 4.72. The number of likely N-dealkylation sites (N-methyl/N-ethyl adjacent to an activating group) is 1. The number of aryl methyl sites for hydroxylation is 1. The molecule has 0 spiro atoms. The molecule has 0 atom stereocenters. The quantitative estimate of drug-likeness (QED) is 0.796. The van der Waals surface area contributed by atoms with Gasteiger partial charge < -0.3 is 10.6 Å². The van der Waals surface area contributed by atoms with Gasteiger partial charge in [-0.25, -0.2) is 0 Å². The summed E-state index contributed by atoms with van der Waals surface area (Å²) in [5.74, 6) is -0.324. The van der Waals surface area contributed by atoms with Crippen molar-refractivity contribution in [3.05, 3.63) is 29.8 Å². The zero-order chi connectivity index (χ0) is 13.8. The number of para-hydroxylation sites is 1. The topological polar surface area (TPSA) is 66.6 Å². The van der Waals surface area contributed by atoms with E-state index in [9.17, 15) is 9.59 Å². The van der Waals surface area contributed by atoms with E-state index in [1.807, 2.05) is 29.2 Å². The van der Waals surface area contributed by atoms with Crippen LogP contribution in [0.1, 0.15) is 12.0 Å². The molecule has 2 amide bonds. The second-order valence-corrected chi connectivity index (χ2v) is 4.72. The molecule has 2 N–H and O–H groups in total. The lowest BCUT2D eigenvalue weighted by Crippen LogP contribution is -2.52. The fraction of sp³-hybridized carbons (Fsp3) is 0.429. The van der Waals surface area contributed by atoms with Crippen LogP contribution in [0, 0.1) is 0 Å². The van der Waals surface area contributed by atoms with E-state index in [1.54, 1.807) is 0 Å². The molecule has 1 saturated heterocycles. The van der Waals surface area contributed by atoms with Crippen LogP contribution >= 0.6 is 0 Å². The van der Waals surface area contributed by atoms with Crippen molar-refractivity contribution in [2.24, 2.45) is 5.73 Å². The van der Waals surface area contributed by atoms with Gasteiger partial charge in [0.2, 0.25) is 11.8 Å². The van der Waals surface area contributed by atoms with Gasteiger partial charge in [0.05, 0.1) is 13.1 Å². The van der Waals surface area contributed by atoms with Gasteiger partial charge in [0.25, 0.3) is 0 Å². The third-order valence-electron chi connectivity index (χ3n) is 3.38. The highest BCUT2D eigenvalue weighted by atomic mass is 16.2. The van der Waals surface area contributed by atoms with Gasteiger partial charge in [-0.15, -0.1) is 0 Å². The largest absolute Gasteiger partial charge is 0.353 e. The first-order valence-electron chi connectivity index (χ1n) is 6.45. The molecule has 0 bridgehead atoms. The van der Waals surface area contributed by atoms with E-state index in [2.05, 4.69) is 0 Å². The highest BCUT2D eigenvalue weighted by Crippen LogP contribution is 2.23. The maximum atomic E-state index is 11.8. The Balaban J connectivity index is 2.22. The van der Waals surface area contributed by atoms with Crippen LogP contribution in [0.15, 0.2) is 24.3 Å². The minimum absolute atomic E-state index is 0.162. The monoisotopic (exact) mass is 261 g/mol. The fourth-order valence-corrected chi connectivity index (χ4v) is 2.23. The molecular weight excluding hydrogens is 242 g/mol. The minimum atomic E-state index is -0.162. The van der Waals surface area contributed by atoms with Crippen molar-refractivity contribution >= 4 is 17.5 Å². The first-order chi connectivity index (χ1) is 9.13. The minimum Gasteiger partial charge on any atom is -0.353 e.